The van der Waals surface area contributed by atoms with Crippen LogP contribution < -0.4 is 9.46 Å². The minimum Gasteiger partial charge on any atom is -0.433 e. The standard InChI is InChI=1S/C18H15ClF3N3O3S/c1-25-9-8-23-17(25)16(11-2-4-12(20)5-3-11)24-29(26,27)13-6-7-15(14(19)10-13)28-18(21)22/h2-10,16,18,24H,1H3. The molecule has 0 amide bonds. The van der Waals surface area contributed by atoms with Gasteiger partial charge in [0.05, 0.1) is 9.92 Å². The molecule has 0 saturated carbocycles. The Kier molecular flexibility index (Phi) is 6.15. The van der Waals surface area contributed by atoms with E-state index in [0.717, 1.165) is 18.2 Å². The van der Waals surface area contributed by atoms with Crippen LogP contribution in [0.2, 0.25) is 5.02 Å². The summed E-state index contributed by atoms with van der Waals surface area (Å²) in [6, 6.07) is 7.47. The van der Waals surface area contributed by atoms with E-state index in [4.69, 9.17) is 11.6 Å². The summed E-state index contributed by atoms with van der Waals surface area (Å²) in [6.07, 6.45) is 3.13. The smallest absolute Gasteiger partial charge is 0.387 e. The molecule has 1 unspecified atom stereocenters. The van der Waals surface area contributed by atoms with Gasteiger partial charge in [-0.3, -0.25) is 0 Å². The SMILES string of the molecule is Cn1ccnc1C(NS(=O)(=O)c1ccc(OC(F)F)c(Cl)c1)c1ccc(F)cc1. The number of benzene rings is 2. The van der Waals surface area contributed by atoms with Crippen LogP contribution in [0.15, 0.2) is 59.8 Å². The van der Waals surface area contributed by atoms with E-state index < -0.39 is 28.5 Å². The molecule has 3 rings (SSSR count). The molecule has 3 aromatic rings. The van der Waals surface area contributed by atoms with Gasteiger partial charge in [-0.15, -0.1) is 0 Å². The van der Waals surface area contributed by atoms with Gasteiger partial charge in [0.15, 0.2) is 0 Å². The van der Waals surface area contributed by atoms with Crippen LogP contribution >= 0.6 is 11.6 Å². The Bertz CT molecular complexity index is 1110. The molecule has 0 aliphatic rings. The fraction of sp³-hybridized carbons (Fsp3) is 0.167. The maximum Gasteiger partial charge on any atom is 0.387 e. The summed E-state index contributed by atoms with van der Waals surface area (Å²) in [5.41, 5.74) is 0.452. The normalized spacial score (nSPS) is 12.9. The average molecular weight is 446 g/mol. The Hall–Kier alpha value is -2.56. The van der Waals surface area contributed by atoms with E-state index in [0.29, 0.717) is 11.4 Å². The molecule has 0 saturated heterocycles. The van der Waals surface area contributed by atoms with E-state index in [2.05, 4.69) is 14.4 Å². The van der Waals surface area contributed by atoms with Gasteiger partial charge < -0.3 is 9.30 Å². The number of nitrogens with one attached hydrogen (secondary N) is 1. The van der Waals surface area contributed by atoms with Crippen molar-refractivity contribution < 1.29 is 26.3 Å². The quantitative estimate of drug-likeness (QED) is 0.599. The van der Waals surface area contributed by atoms with Crippen LogP contribution in [0.4, 0.5) is 13.2 Å². The van der Waals surface area contributed by atoms with Crippen LogP contribution in [-0.2, 0) is 17.1 Å². The molecule has 1 N–H and O–H groups in total. The molecule has 0 fully saturated rings. The lowest BCUT2D eigenvalue weighted by atomic mass is 10.1. The zero-order valence-electron chi connectivity index (χ0n) is 14.9. The number of imidazole rings is 1. The zero-order valence-corrected chi connectivity index (χ0v) is 16.5. The third kappa shape index (κ3) is 4.89. The van der Waals surface area contributed by atoms with Crippen molar-refractivity contribution in [1.82, 2.24) is 14.3 Å². The summed E-state index contributed by atoms with van der Waals surface area (Å²) in [7, 11) is -2.47. The first-order valence-electron chi connectivity index (χ1n) is 8.17. The van der Waals surface area contributed by atoms with Crippen molar-refractivity contribution in [1.29, 1.82) is 0 Å². The number of sulfonamides is 1. The largest absolute Gasteiger partial charge is 0.433 e. The molecular formula is C18H15ClF3N3O3S. The monoisotopic (exact) mass is 445 g/mol. The molecule has 0 aliphatic carbocycles. The molecule has 29 heavy (non-hydrogen) atoms. The molecule has 1 atom stereocenters. The number of halogens is 4. The molecule has 0 bridgehead atoms. The summed E-state index contributed by atoms with van der Waals surface area (Å²) < 4.78 is 72.2. The Labute approximate surface area is 170 Å². The number of ether oxygens (including phenoxy) is 1. The van der Waals surface area contributed by atoms with Gasteiger partial charge in [0.1, 0.15) is 23.4 Å². The second-order valence-corrected chi connectivity index (χ2v) is 8.09. The summed E-state index contributed by atoms with van der Waals surface area (Å²) in [5, 5.41) is -0.288. The Morgan fingerprint density at radius 2 is 1.86 bits per heavy atom. The number of rotatable bonds is 7. The van der Waals surface area contributed by atoms with Gasteiger partial charge in [-0.25, -0.2) is 17.8 Å². The van der Waals surface area contributed by atoms with Crippen LogP contribution in [0.25, 0.3) is 0 Å². The summed E-state index contributed by atoms with van der Waals surface area (Å²) in [4.78, 5) is 3.91. The number of aromatic nitrogens is 2. The Morgan fingerprint density at radius 1 is 1.17 bits per heavy atom. The zero-order chi connectivity index (χ0) is 21.2. The number of alkyl halides is 2. The summed E-state index contributed by atoms with van der Waals surface area (Å²) in [5.74, 6) is -0.458. The number of aryl methyl sites for hydroxylation is 1. The third-order valence-electron chi connectivity index (χ3n) is 4.02. The number of hydrogen-bond acceptors (Lipinski definition) is 4. The Balaban J connectivity index is 1.97. The lowest BCUT2D eigenvalue weighted by Crippen LogP contribution is -2.31. The molecule has 1 aromatic heterocycles. The van der Waals surface area contributed by atoms with Gasteiger partial charge in [-0.05, 0) is 35.9 Å². The lowest BCUT2D eigenvalue weighted by molar-refractivity contribution is -0.0498. The van der Waals surface area contributed by atoms with Crippen LogP contribution in [0.5, 0.6) is 5.75 Å². The molecule has 154 valence electrons. The van der Waals surface area contributed by atoms with Gasteiger partial charge in [-0.1, -0.05) is 23.7 Å². The van der Waals surface area contributed by atoms with Gasteiger partial charge >= 0.3 is 6.61 Å². The highest BCUT2D eigenvalue weighted by molar-refractivity contribution is 7.89. The van der Waals surface area contributed by atoms with Gasteiger partial charge in [-0.2, -0.15) is 13.5 Å². The average Bonchev–Trinajstić information content (AvgIpc) is 3.07. The highest BCUT2D eigenvalue weighted by atomic mass is 35.5. The van der Waals surface area contributed by atoms with Crippen molar-refractivity contribution in [2.24, 2.45) is 7.05 Å². The van der Waals surface area contributed by atoms with Crippen molar-refractivity contribution in [2.75, 3.05) is 0 Å². The summed E-state index contributed by atoms with van der Waals surface area (Å²) in [6.45, 7) is -3.10. The molecule has 0 radical (unpaired) electrons. The van der Waals surface area contributed by atoms with E-state index in [1.54, 1.807) is 17.8 Å². The molecule has 6 nitrogen and oxygen atoms in total. The third-order valence-corrected chi connectivity index (χ3v) is 5.74. The maximum atomic E-state index is 13.3. The highest BCUT2D eigenvalue weighted by Crippen LogP contribution is 2.30. The lowest BCUT2D eigenvalue weighted by Gasteiger charge is -2.19. The van der Waals surface area contributed by atoms with Crippen molar-refractivity contribution in [3.05, 3.63) is 77.1 Å². The molecular weight excluding hydrogens is 431 g/mol. The second kappa shape index (κ2) is 8.44. The van der Waals surface area contributed by atoms with Crippen molar-refractivity contribution in [3.63, 3.8) is 0 Å². The topological polar surface area (TPSA) is 73.2 Å². The van der Waals surface area contributed by atoms with Gasteiger partial charge in [0.25, 0.3) is 0 Å². The van der Waals surface area contributed by atoms with Gasteiger partial charge in [0.2, 0.25) is 10.0 Å². The fourth-order valence-corrected chi connectivity index (χ4v) is 4.14. The Morgan fingerprint density at radius 3 is 2.41 bits per heavy atom. The first-order chi connectivity index (χ1) is 13.7. The molecule has 0 aliphatic heterocycles. The summed E-state index contributed by atoms with van der Waals surface area (Å²) >= 11 is 5.87. The van der Waals surface area contributed by atoms with Crippen molar-refractivity contribution >= 4 is 21.6 Å². The van der Waals surface area contributed by atoms with Crippen molar-refractivity contribution in [3.8, 4) is 5.75 Å². The van der Waals surface area contributed by atoms with E-state index >= 15 is 0 Å². The predicted molar refractivity (Wildman–Crippen MR) is 99.9 cm³/mol. The van der Waals surface area contributed by atoms with Crippen molar-refractivity contribution in [2.45, 2.75) is 17.5 Å². The fourth-order valence-electron chi connectivity index (χ4n) is 2.64. The molecule has 2 aromatic carbocycles. The highest BCUT2D eigenvalue weighted by Gasteiger charge is 2.26. The minimum absolute atomic E-state index is 0.259. The molecule has 1 heterocycles. The maximum absolute atomic E-state index is 13.3. The van der Waals surface area contributed by atoms with Crippen LogP contribution in [0, 0.1) is 5.82 Å². The predicted octanol–water partition coefficient (Wildman–Crippen LogP) is 3.88. The number of hydrogen-bond donors (Lipinski definition) is 1. The van der Waals surface area contributed by atoms with Crippen LogP contribution in [-0.4, -0.2) is 24.6 Å². The number of nitrogens with zero attached hydrogens (tertiary/aromatic N) is 2. The molecule has 11 heteroatoms. The van der Waals surface area contributed by atoms with Crippen LogP contribution in [0.3, 0.4) is 0 Å². The van der Waals surface area contributed by atoms with Gasteiger partial charge in [0, 0.05) is 19.4 Å². The van der Waals surface area contributed by atoms with E-state index in [1.165, 1.54) is 30.5 Å². The van der Waals surface area contributed by atoms with E-state index in [1.807, 2.05) is 0 Å². The first kappa shape index (κ1) is 21.2. The van der Waals surface area contributed by atoms with E-state index in [9.17, 15) is 21.6 Å². The second-order valence-electron chi connectivity index (χ2n) is 5.97. The first-order valence-corrected chi connectivity index (χ1v) is 10.0. The van der Waals surface area contributed by atoms with Crippen LogP contribution in [0.1, 0.15) is 17.4 Å². The minimum atomic E-state index is -4.15. The van der Waals surface area contributed by atoms with E-state index in [-0.39, 0.29) is 15.7 Å². The molecule has 0 spiro atoms.